The Hall–Kier alpha value is -2.48. The molecule has 0 radical (unpaired) electrons. The molecule has 3 N–H and O–H groups in total. The second-order valence-electron chi connectivity index (χ2n) is 9.16. The molecule has 32 heavy (non-hydrogen) atoms. The van der Waals surface area contributed by atoms with Crippen LogP contribution in [-0.2, 0) is 11.3 Å². The third kappa shape index (κ3) is 4.25. The van der Waals surface area contributed by atoms with Crippen molar-refractivity contribution >= 4 is 28.9 Å². The van der Waals surface area contributed by atoms with Gasteiger partial charge in [0.25, 0.3) is 0 Å². The zero-order valence-corrected chi connectivity index (χ0v) is 19.5. The molecule has 2 aliphatic rings. The molecule has 4 rings (SSSR count). The number of nitrogens with one attached hydrogen (secondary N) is 1. The maximum atomic E-state index is 13.6. The molecule has 1 amide bonds. The van der Waals surface area contributed by atoms with Crippen LogP contribution in [0.3, 0.4) is 0 Å². The zero-order chi connectivity index (χ0) is 23.0. The predicted molar refractivity (Wildman–Crippen MR) is 129 cm³/mol. The van der Waals surface area contributed by atoms with Crippen molar-refractivity contribution in [1.29, 1.82) is 0 Å². The van der Waals surface area contributed by atoms with Gasteiger partial charge in [-0.1, -0.05) is 56.3 Å². The Labute approximate surface area is 194 Å². The Morgan fingerprint density at radius 3 is 2.44 bits per heavy atom. The molecule has 2 aromatic carbocycles. The Morgan fingerprint density at radius 2 is 1.81 bits per heavy atom. The third-order valence-electron chi connectivity index (χ3n) is 6.64. The lowest BCUT2D eigenvalue weighted by Gasteiger charge is -2.42. The minimum atomic E-state index is -0.999. The maximum absolute atomic E-state index is 13.6. The molecule has 1 aliphatic heterocycles. The number of hydrogen-bond acceptors (Lipinski definition) is 4. The Balaban J connectivity index is 1.63. The van der Waals surface area contributed by atoms with E-state index in [1.54, 1.807) is 11.9 Å². The fraction of sp³-hybridized carbons (Fsp3) is 0.440. The molecular formula is C25H31N3O3S. The predicted octanol–water partition coefficient (Wildman–Crippen LogP) is 2.64. The van der Waals surface area contributed by atoms with E-state index in [1.807, 2.05) is 47.4 Å². The van der Waals surface area contributed by atoms with Crippen LogP contribution >= 0.6 is 12.2 Å². The van der Waals surface area contributed by atoms with Gasteiger partial charge in [0.05, 0.1) is 24.1 Å². The number of anilines is 1. The molecule has 0 aromatic heterocycles. The van der Waals surface area contributed by atoms with Gasteiger partial charge in [-0.15, -0.1) is 0 Å². The zero-order valence-electron chi connectivity index (χ0n) is 18.7. The van der Waals surface area contributed by atoms with Crippen LogP contribution < -0.4 is 10.2 Å². The summed E-state index contributed by atoms with van der Waals surface area (Å²) in [4.78, 5) is 17.2. The number of benzene rings is 2. The lowest BCUT2D eigenvalue weighted by Crippen LogP contribution is -2.61. The minimum Gasteiger partial charge on any atom is -0.390 e. The second-order valence-corrected chi connectivity index (χ2v) is 9.55. The number of hydrogen-bond donors (Lipinski definition) is 3. The Bertz CT molecular complexity index is 966. The topological polar surface area (TPSA) is 76.0 Å². The van der Waals surface area contributed by atoms with Crippen molar-refractivity contribution in [3.05, 3.63) is 65.7 Å². The minimum absolute atomic E-state index is 0.0647. The summed E-state index contributed by atoms with van der Waals surface area (Å²) >= 11 is 5.62. The van der Waals surface area contributed by atoms with Crippen LogP contribution in [0.1, 0.15) is 37.3 Å². The first-order chi connectivity index (χ1) is 15.3. The summed E-state index contributed by atoms with van der Waals surface area (Å²) in [5.41, 5.74) is 3.14. The molecule has 1 saturated heterocycles. The van der Waals surface area contributed by atoms with E-state index in [9.17, 15) is 15.0 Å². The summed E-state index contributed by atoms with van der Waals surface area (Å²) in [6.07, 6.45) is -1.80. The number of aliphatic hydroxyl groups excluding tert-OH is 2. The first kappa shape index (κ1) is 22.7. The highest BCUT2D eigenvalue weighted by Crippen LogP contribution is 2.37. The lowest BCUT2D eigenvalue weighted by atomic mass is 9.77. The van der Waals surface area contributed by atoms with Crippen molar-refractivity contribution < 1.29 is 15.0 Å². The normalized spacial score (nSPS) is 27.2. The van der Waals surface area contributed by atoms with Gasteiger partial charge >= 0.3 is 0 Å². The molecule has 170 valence electrons. The molecule has 7 heteroatoms. The van der Waals surface area contributed by atoms with Gasteiger partial charge in [-0.05, 0) is 47.8 Å². The molecule has 0 spiro atoms. The number of rotatable bonds is 5. The lowest BCUT2D eigenvalue weighted by molar-refractivity contribution is -0.141. The van der Waals surface area contributed by atoms with Gasteiger partial charge in [-0.25, -0.2) is 0 Å². The monoisotopic (exact) mass is 453 g/mol. The van der Waals surface area contributed by atoms with E-state index < -0.39 is 24.2 Å². The number of amides is 1. The number of carbonyl (C=O) groups excluding carboxylic acids is 1. The fourth-order valence-electron chi connectivity index (χ4n) is 4.86. The van der Waals surface area contributed by atoms with E-state index in [-0.39, 0.29) is 18.4 Å². The van der Waals surface area contributed by atoms with Gasteiger partial charge in [-0.2, -0.15) is 0 Å². The molecule has 2 fully saturated rings. The molecule has 2 aromatic rings. The van der Waals surface area contributed by atoms with E-state index in [1.165, 1.54) is 5.56 Å². The quantitative estimate of drug-likeness (QED) is 0.605. The standard InChI is InChI=1S/C25H31N3O3S/c1-15(2)17-9-11-18(12-10-17)28-22-19(13-20(29)23(30)21(22)26-25(28)32)24(31)27(3)14-16-7-5-4-6-8-16/h4-12,15,19-23,29-30H,13-14H2,1-3H3,(H,26,32)/t19-,20-,21-,22+,23+/m1/s1. The van der Waals surface area contributed by atoms with Gasteiger partial charge in [-0.3, -0.25) is 4.79 Å². The molecule has 1 aliphatic carbocycles. The fourth-order valence-corrected chi connectivity index (χ4v) is 5.23. The second kappa shape index (κ2) is 9.17. The molecule has 6 nitrogen and oxygen atoms in total. The first-order valence-corrected chi connectivity index (χ1v) is 11.5. The molecular weight excluding hydrogens is 422 g/mol. The van der Waals surface area contributed by atoms with Crippen molar-refractivity contribution in [2.45, 2.75) is 57.0 Å². The molecule has 0 unspecified atom stereocenters. The van der Waals surface area contributed by atoms with E-state index in [4.69, 9.17) is 12.2 Å². The third-order valence-corrected chi connectivity index (χ3v) is 6.95. The SMILES string of the molecule is CC(C)c1ccc(N2C(=S)N[C@H]3[C@@H](O)[C@H](O)C[C@@H](C(=O)N(C)Cc4ccccc4)[C@@H]32)cc1. The molecule has 0 bridgehead atoms. The van der Waals surface area contributed by atoms with Gasteiger partial charge < -0.3 is 25.3 Å². The van der Waals surface area contributed by atoms with Crippen LogP contribution in [0, 0.1) is 5.92 Å². The van der Waals surface area contributed by atoms with Gasteiger partial charge in [0.1, 0.15) is 6.10 Å². The van der Waals surface area contributed by atoms with E-state index >= 15 is 0 Å². The molecule has 5 atom stereocenters. The van der Waals surface area contributed by atoms with Crippen LogP contribution in [0.5, 0.6) is 0 Å². The summed E-state index contributed by atoms with van der Waals surface area (Å²) in [7, 11) is 1.78. The van der Waals surface area contributed by atoms with Crippen LogP contribution in [-0.4, -0.2) is 57.5 Å². The number of nitrogens with zero attached hydrogens (tertiary/aromatic N) is 2. The molecule has 1 saturated carbocycles. The largest absolute Gasteiger partial charge is 0.390 e. The number of carbonyl (C=O) groups is 1. The van der Waals surface area contributed by atoms with Crippen LogP contribution in [0.4, 0.5) is 5.69 Å². The van der Waals surface area contributed by atoms with Crippen molar-refractivity contribution in [3.8, 4) is 0 Å². The summed E-state index contributed by atoms with van der Waals surface area (Å²) in [6, 6.07) is 17.1. The molecule has 1 heterocycles. The van der Waals surface area contributed by atoms with Gasteiger partial charge in [0.15, 0.2) is 5.11 Å². The number of aliphatic hydroxyl groups is 2. The van der Waals surface area contributed by atoms with E-state index in [2.05, 4.69) is 31.3 Å². The van der Waals surface area contributed by atoms with Crippen molar-refractivity contribution in [2.75, 3.05) is 11.9 Å². The van der Waals surface area contributed by atoms with Crippen LogP contribution in [0.25, 0.3) is 0 Å². The summed E-state index contributed by atoms with van der Waals surface area (Å²) in [5.74, 6) is -0.164. The summed E-state index contributed by atoms with van der Waals surface area (Å²) in [6.45, 7) is 4.76. The Morgan fingerprint density at radius 1 is 1.16 bits per heavy atom. The highest BCUT2D eigenvalue weighted by molar-refractivity contribution is 7.80. The number of fused-ring (bicyclic) bond motifs is 1. The van der Waals surface area contributed by atoms with Crippen molar-refractivity contribution in [2.24, 2.45) is 5.92 Å². The maximum Gasteiger partial charge on any atom is 0.228 e. The average molecular weight is 454 g/mol. The first-order valence-electron chi connectivity index (χ1n) is 11.1. The van der Waals surface area contributed by atoms with Gasteiger partial charge in [0.2, 0.25) is 5.91 Å². The van der Waals surface area contributed by atoms with E-state index in [0.29, 0.717) is 17.6 Å². The average Bonchev–Trinajstić information content (AvgIpc) is 3.13. The van der Waals surface area contributed by atoms with Crippen molar-refractivity contribution in [1.82, 2.24) is 10.2 Å². The van der Waals surface area contributed by atoms with Crippen LogP contribution in [0.2, 0.25) is 0 Å². The smallest absolute Gasteiger partial charge is 0.228 e. The number of thiocarbonyl (C=S) groups is 1. The van der Waals surface area contributed by atoms with Crippen molar-refractivity contribution in [3.63, 3.8) is 0 Å². The summed E-state index contributed by atoms with van der Waals surface area (Å²) in [5, 5.41) is 24.9. The highest BCUT2D eigenvalue weighted by atomic mass is 32.1. The van der Waals surface area contributed by atoms with E-state index in [0.717, 1.165) is 11.3 Å². The van der Waals surface area contributed by atoms with Crippen LogP contribution in [0.15, 0.2) is 54.6 Å². The highest BCUT2D eigenvalue weighted by Gasteiger charge is 2.54. The van der Waals surface area contributed by atoms with Gasteiger partial charge in [0, 0.05) is 19.3 Å². The summed E-state index contributed by atoms with van der Waals surface area (Å²) < 4.78 is 0. The Kier molecular flexibility index (Phi) is 6.51.